The molecule has 0 aromatic heterocycles. The van der Waals surface area contributed by atoms with E-state index in [1.807, 2.05) is 26.0 Å². The van der Waals surface area contributed by atoms with Crippen LogP contribution in [0.25, 0.3) is 0 Å². The van der Waals surface area contributed by atoms with Crippen molar-refractivity contribution in [3.63, 3.8) is 0 Å². The molecule has 1 aromatic carbocycles. The zero-order valence-electron chi connectivity index (χ0n) is 12.8. The van der Waals surface area contributed by atoms with Crippen LogP contribution in [0.1, 0.15) is 30.5 Å². The lowest BCUT2D eigenvalue weighted by Gasteiger charge is -2.15. The van der Waals surface area contributed by atoms with Gasteiger partial charge in [-0.05, 0) is 57.4 Å². The molecule has 1 aromatic rings. The van der Waals surface area contributed by atoms with Crippen molar-refractivity contribution in [3.05, 3.63) is 28.8 Å². The Morgan fingerprint density at radius 3 is 2.20 bits per heavy atom. The van der Waals surface area contributed by atoms with E-state index in [0.29, 0.717) is 6.54 Å². The molecule has 0 fully saturated rings. The van der Waals surface area contributed by atoms with Crippen LogP contribution in [0, 0.1) is 13.8 Å². The van der Waals surface area contributed by atoms with E-state index >= 15 is 0 Å². The molecule has 0 bridgehead atoms. The summed E-state index contributed by atoms with van der Waals surface area (Å²) < 4.78 is 29.1. The van der Waals surface area contributed by atoms with Gasteiger partial charge in [0.05, 0.1) is 11.0 Å². The van der Waals surface area contributed by atoms with Crippen LogP contribution >= 0.6 is 0 Å². The molecule has 0 amide bonds. The molecule has 114 valence electrons. The number of hydrogen-bond acceptors (Lipinski definition) is 4. The summed E-state index contributed by atoms with van der Waals surface area (Å²) in [5.74, 6) is 0.832. The van der Waals surface area contributed by atoms with Crippen LogP contribution in [-0.2, 0) is 16.3 Å². The van der Waals surface area contributed by atoms with Crippen LogP contribution in [0.3, 0.4) is 0 Å². The minimum atomic E-state index is -3.05. The first kappa shape index (κ1) is 17.0. The van der Waals surface area contributed by atoms with Crippen LogP contribution < -0.4 is 10.5 Å². The Balaban J connectivity index is 2.74. The maximum Gasteiger partial charge on any atom is 0.155 e. The smallest absolute Gasteiger partial charge is 0.155 e. The first-order chi connectivity index (χ1) is 9.27. The van der Waals surface area contributed by atoms with Crippen LogP contribution in [0.5, 0.6) is 5.75 Å². The molecule has 0 unspecified atom stereocenters. The second-order valence-corrected chi connectivity index (χ2v) is 8.04. The Hall–Kier alpha value is -1.07. The number of ether oxygens (including phenoxy) is 1. The van der Waals surface area contributed by atoms with Crippen molar-refractivity contribution in [2.45, 2.75) is 39.4 Å². The number of rotatable bonds is 7. The summed E-state index contributed by atoms with van der Waals surface area (Å²) in [7, 11) is -3.05. The van der Waals surface area contributed by atoms with Crippen LogP contribution in [-0.4, -0.2) is 32.6 Å². The van der Waals surface area contributed by atoms with Crippen molar-refractivity contribution >= 4 is 9.84 Å². The lowest BCUT2D eigenvalue weighted by molar-refractivity contribution is 0.335. The molecule has 0 radical (unpaired) electrons. The number of nitrogens with two attached hydrogens (primary N) is 1. The highest BCUT2D eigenvalue weighted by Gasteiger charge is 2.16. The van der Waals surface area contributed by atoms with Crippen molar-refractivity contribution in [3.8, 4) is 5.75 Å². The maximum atomic E-state index is 11.7. The standard InChI is InChI=1S/C15H25NO3S/c1-11(2)20(17,18)8-7-19-15-12(3)9-14(5-6-16)10-13(15)4/h9-11H,5-8,16H2,1-4H3. The monoisotopic (exact) mass is 299 g/mol. The normalized spacial score (nSPS) is 11.9. The van der Waals surface area contributed by atoms with Crippen molar-refractivity contribution in [2.24, 2.45) is 5.73 Å². The summed E-state index contributed by atoms with van der Waals surface area (Å²) in [6, 6.07) is 4.10. The van der Waals surface area contributed by atoms with E-state index in [0.717, 1.165) is 23.3 Å². The quantitative estimate of drug-likeness (QED) is 0.836. The van der Waals surface area contributed by atoms with E-state index in [4.69, 9.17) is 10.5 Å². The van der Waals surface area contributed by atoms with Gasteiger partial charge in [-0.3, -0.25) is 0 Å². The fourth-order valence-corrected chi connectivity index (χ4v) is 2.86. The van der Waals surface area contributed by atoms with Crippen molar-refractivity contribution in [2.75, 3.05) is 18.9 Å². The Kier molecular flexibility index (Phi) is 6.02. The Morgan fingerprint density at radius 2 is 1.75 bits per heavy atom. The highest BCUT2D eigenvalue weighted by Crippen LogP contribution is 2.25. The number of aryl methyl sites for hydroxylation is 2. The first-order valence-corrected chi connectivity index (χ1v) is 8.64. The van der Waals surface area contributed by atoms with Gasteiger partial charge in [0.1, 0.15) is 12.4 Å². The maximum absolute atomic E-state index is 11.7. The van der Waals surface area contributed by atoms with E-state index in [1.165, 1.54) is 5.56 Å². The molecule has 20 heavy (non-hydrogen) atoms. The molecule has 0 saturated carbocycles. The summed E-state index contributed by atoms with van der Waals surface area (Å²) in [6.45, 7) is 8.13. The summed E-state index contributed by atoms with van der Waals surface area (Å²) in [5, 5.41) is -0.361. The van der Waals surface area contributed by atoms with E-state index in [1.54, 1.807) is 13.8 Å². The summed E-state index contributed by atoms with van der Waals surface area (Å²) in [5.41, 5.74) is 8.79. The minimum Gasteiger partial charge on any atom is -0.492 e. The number of hydrogen-bond donors (Lipinski definition) is 1. The average Bonchev–Trinajstić information content (AvgIpc) is 2.32. The average molecular weight is 299 g/mol. The summed E-state index contributed by atoms with van der Waals surface area (Å²) in [4.78, 5) is 0. The molecule has 0 aliphatic rings. The number of benzene rings is 1. The molecule has 0 spiro atoms. The molecule has 5 heteroatoms. The fraction of sp³-hybridized carbons (Fsp3) is 0.600. The third kappa shape index (κ3) is 4.49. The molecule has 0 saturated heterocycles. The summed E-state index contributed by atoms with van der Waals surface area (Å²) >= 11 is 0. The van der Waals surface area contributed by atoms with Gasteiger partial charge in [-0.25, -0.2) is 8.42 Å². The first-order valence-electron chi connectivity index (χ1n) is 6.92. The third-order valence-electron chi connectivity index (χ3n) is 3.29. The predicted octanol–water partition coefficient (Wildman–Crippen LogP) is 2.01. The zero-order chi connectivity index (χ0) is 15.3. The highest BCUT2D eigenvalue weighted by molar-refractivity contribution is 7.91. The van der Waals surface area contributed by atoms with E-state index in [-0.39, 0.29) is 17.6 Å². The SMILES string of the molecule is Cc1cc(CCN)cc(C)c1OCCS(=O)(=O)C(C)C. The van der Waals surface area contributed by atoms with Crippen LogP contribution in [0.2, 0.25) is 0 Å². The topological polar surface area (TPSA) is 69.4 Å². The van der Waals surface area contributed by atoms with E-state index < -0.39 is 9.84 Å². The Labute approximate surface area is 122 Å². The predicted molar refractivity (Wildman–Crippen MR) is 83.1 cm³/mol. The van der Waals surface area contributed by atoms with E-state index in [2.05, 4.69) is 0 Å². The van der Waals surface area contributed by atoms with Gasteiger partial charge in [0, 0.05) is 0 Å². The van der Waals surface area contributed by atoms with Gasteiger partial charge in [0.2, 0.25) is 0 Å². The molecule has 0 heterocycles. The molecule has 2 N–H and O–H groups in total. The van der Waals surface area contributed by atoms with Gasteiger partial charge in [0.25, 0.3) is 0 Å². The van der Waals surface area contributed by atoms with Gasteiger partial charge < -0.3 is 10.5 Å². The van der Waals surface area contributed by atoms with Crippen LogP contribution in [0.15, 0.2) is 12.1 Å². The molecule has 0 atom stereocenters. The Morgan fingerprint density at radius 1 is 1.20 bits per heavy atom. The number of sulfone groups is 1. The fourth-order valence-electron chi connectivity index (χ4n) is 2.07. The van der Waals surface area contributed by atoms with Gasteiger partial charge in [-0.2, -0.15) is 0 Å². The molecule has 0 aliphatic heterocycles. The highest BCUT2D eigenvalue weighted by atomic mass is 32.2. The molecular weight excluding hydrogens is 274 g/mol. The molecule has 1 rings (SSSR count). The van der Waals surface area contributed by atoms with Gasteiger partial charge >= 0.3 is 0 Å². The third-order valence-corrected chi connectivity index (χ3v) is 5.46. The van der Waals surface area contributed by atoms with Crippen molar-refractivity contribution in [1.82, 2.24) is 0 Å². The minimum absolute atomic E-state index is 0.0497. The molecule has 4 nitrogen and oxygen atoms in total. The Bertz CT molecular complexity index is 527. The van der Waals surface area contributed by atoms with Crippen molar-refractivity contribution < 1.29 is 13.2 Å². The lowest BCUT2D eigenvalue weighted by atomic mass is 10.0. The second kappa shape index (κ2) is 7.09. The van der Waals surface area contributed by atoms with Gasteiger partial charge in [-0.15, -0.1) is 0 Å². The van der Waals surface area contributed by atoms with Crippen molar-refractivity contribution in [1.29, 1.82) is 0 Å². The van der Waals surface area contributed by atoms with E-state index in [9.17, 15) is 8.42 Å². The second-order valence-electron chi connectivity index (χ2n) is 5.36. The largest absolute Gasteiger partial charge is 0.492 e. The van der Waals surface area contributed by atoms with Gasteiger partial charge in [0.15, 0.2) is 9.84 Å². The lowest BCUT2D eigenvalue weighted by Crippen LogP contribution is -2.22. The zero-order valence-corrected chi connectivity index (χ0v) is 13.6. The van der Waals surface area contributed by atoms with Crippen LogP contribution in [0.4, 0.5) is 0 Å². The summed E-state index contributed by atoms with van der Waals surface area (Å²) in [6.07, 6.45) is 0.837. The molecular formula is C15H25NO3S. The van der Waals surface area contributed by atoms with Gasteiger partial charge in [-0.1, -0.05) is 12.1 Å². The molecule has 0 aliphatic carbocycles.